The van der Waals surface area contributed by atoms with Crippen molar-refractivity contribution in [3.8, 4) is 0 Å². The van der Waals surface area contributed by atoms with E-state index in [9.17, 15) is 4.79 Å². The molecule has 0 aliphatic carbocycles. The second kappa shape index (κ2) is 8.88. The molecule has 128 valence electrons. The van der Waals surface area contributed by atoms with Gasteiger partial charge >= 0.3 is 0 Å². The van der Waals surface area contributed by atoms with Gasteiger partial charge in [-0.1, -0.05) is 0 Å². The zero-order valence-electron chi connectivity index (χ0n) is 14.4. The van der Waals surface area contributed by atoms with Gasteiger partial charge in [0.25, 0.3) is 5.91 Å². The van der Waals surface area contributed by atoms with Crippen LogP contribution in [0.5, 0.6) is 0 Å². The van der Waals surface area contributed by atoms with E-state index in [0.717, 1.165) is 23.5 Å². The minimum absolute atomic E-state index is 0.134. The van der Waals surface area contributed by atoms with Crippen LogP contribution in [0, 0.1) is 0 Å². The fourth-order valence-corrected chi connectivity index (χ4v) is 2.16. The largest absolute Gasteiger partial charge is 0.385 e. The Bertz CT molecular complexity index is 656. The van der Waals surface area contributed by atoms with Crippen LogP contribution in [0.25, 0.3) is 0 Å². The van der Waals surface area contributed by atoms with Crippen molar-refractivity contribution < 1.29 is 9.53 Å². The molecule has 6 nitrogen and oxygen atoms in total. The molecular weight excluding hydrogens is 304 g/mol. The lowest BCUT2D eigenvalue weighted by Gasteiger charge is -2.13. The van der Waals surface area contributed by atoms with Crippen molar-refractivity contribution >= 4 is 23.0 Å². The van der Waals surface area contributed by atoms with E-state index in [2.05, 4.69) is 15.6 Å². The van der Waals surface area contributed by atoms with Gasteiger partial charge in [0.05, 0.1) is 17.4 Å². The van der Waals surface area contributed by atoms with Crippen LogP contribution in [0.3, 0.4) is 0 Å². The summed E-state index contributed by atoms with van der Waals surface area (Å²) >= 11 is 0. The maximum Gasteiger partial charge on any atom is 0.252 e. The number of nitrogens with one attached hydrogen (secondary N) is 2. The Kier molecular flexibility index (Phi) is 6.57. The smallest absolute Gasteiger partial charge is 0.252 e. The fraction of sp³-hybridized carbons (Fsp3) is 0.333. The average Bonchev–Trinajstić information content (AvgIpc) is 2.59. The van der Waals surface area contributed by atoms with Crippen molar-refractivity contribution in [1.82, 2.24) is 10.3 Å². The number of hydrogen-bond donors (Lipinski definition) is 2. The van der Waals surface area contributed by atoms with E-state index in [0.29, 0.717) is 18.7 Å². The lowest BCUT2D eigenvalue weighted by Crippen LogP contribution is -2.25. The molecule has 1 aromatic carbocycles. The Balaban J connectivity index is 1.98. The van der Waals surface area contributed by atoms with E-state index in [1.165, 1.54) is 0 Å². The van der Waals surface area contributed by atoms with Crippen LogP contribution < -0.4 is 15.5 Å². The number of carbonyl (C=O) groups excluding carboxylic acids is 1. The van der Waals surface area contributed by atoms with Crippen molar-refractivity contribution in [3.05, 3.63) is 48.3 Å². The van der Waals surface area contributed by atoms with Gasteiger partial charge in [0, 0.05) is 51.9 Å². The Labute approximate surface area is 142 Å². The molecule has 0 saturated heterocycles. The molecule has 0 atom stereocenters. The van der Waals surface area contributed by atoms with Crippen molar-refractivity contribution in [2.75, 3.05) is 44.6 Å². The quantitative estimate of drug-likeness (QED) is 0.729. The molecule has 2 rings (SSSR count). The maximum atomic E-state index is 12.1. The van der Waals surface area contributed by atoms with Crippen molar-refractivity contribution in [2.45, 2.75) is 6.42 Å². The number of benzene rings is 1. The highest BCUT2D eigenvalue weighted by atomic mass is 16.5. The normalized spacial score (nSPS) is 10.3. The summed E-state index contributed by atoms with van der Waals surface area (Å²) < 4.78 is 4.96. The summed E-state index contributed by atoms with van der Waals surface area (Å²) in [6, 6.07) is 9.84. The van der Waals surface area contributed by atoms with Crippen LogP contribution in [0.4, 0.5) is 17.1 Å². The van der Waals surface area contributed by atoms with E-state index in [-0.39, 0.29) is 5.91 Å². The zero-order chi connectivity index (χ0) is 17.4. The minimum atomic E-state index is -0.134. The molecule has 0 fully saturated rings. The standard InChI is InChI=1S/C18H24N4O2/c1-22(2)17-7-5-15(6-8-17)21-16-11-14(12-19-13-16)18(23)20-9-4-10-24-3/h5-8,11-13,21H,4,9-10H2,1-3H3,(H,20,23). The molecule has 1 aromatic heterocycles. The van der Waals surface area contributed by atoms with Crippen LogP contribution in [-0.2, 0) is 4.74 Å². The highest BCUT2D eigenvalue weighted by molar-refractivity contribution is 5.94. The summed E-state index contributed by atoms with van der Waals surface area (Å²) in [5, 5.41) is 6.11. The molecule has 0 radical (unpaired) electrons. The number of pyridine rings is 1. The molecule has 0 aliphatic heterocycles. The number of anilines is 3. The molecule has 2 N–H and O–H groups in total. The van der Waals surface area contributed by atoms with Gasteiger partial charge in [-0.05, 0) is 36.8 Å². The summed E-state index contributed by atoms with van der Waals surface area (Å²) in [6.45, 7) is 1.21. The lowest BCUT2D eigenvalue weighted by atomic mass is 10.2. The topological polar surface area (TPSA) is 66.5 Å². The molecule has 0 spiro atoms. The predicted molar refractivity (Wildman–Crippen MR) is 97.1 cm³/mol. The van der Waals surface area contributed by atoms with Crippen molar-refractivity contribution in [1.29, 1.82) is 0 Å². The molecular formula is C18H24N4O2. The third-order valence-corrected chi connectivity index (χ3v) is 3.48. The van der Waals surface area contributed by atoms with Gasteiger partial charge in [-0.2, -0.15) is 0 Å². The van der Waals surface area contributed by atoms with Crippen molar-refractivity contribution in [2.24, 2.45) is 0 Å². The van der Waals surface area contributed by atoms with E-state index in [1.54, 1.807) is 25.6 Å². The number of aromatic nitrogens is 1. The summed E-state index contributed by atoms with van der Waals surface area (Å²) in [7, 11) is 5.65. The number of methoxy groups -OCH3 is 1. The van der Waals surface area contributed by atoms with Crippen LogP contribution in [0.2, 0.25) is 0 Å². The van der Waals surface area contributed by atoms with E-state index < -0.39 is 0 Å². The van der Waals surface area contributed by atoms with Crippen molar-refractivity contribution in [3.63, 3.8) is 0 Å². The Hall–Kier alpha value is -2.60. The number of carbonyl (C=O) groups is 1. The Morgan fingerprint density at radius 2 is 1.92 bits per heavy atom. The van der Waals surface area contributed by atoms with Gasteiger partial charge in [0.1, 0.15) is 0 Å². The average molecular weight is 328 g/mol. The molecule has 1 amide bonds. The van der Waals surface area contributed by atoms with E-state index >= 15 is 0 Å². The monoisotopic (exact) mass is 328 g/mol. The Morgan fingerprint density at radius 1 is 1.17 bits per heavy atom. The summed E-state index contributed by atoms with van der Waals surface area (Å²) in [6.07, 6.45) is 4.04. The first-order valence-corrected chi connectivity index (χ1v) is 7.87. The van der Waals surface area contributed by atoms with Gasteiger partial charge in [0.15, 0.2) is 0 Å². The first-order valence-electron chi connectivity index (χ1n) is 7.87. The SMILES string of the molecule is COCCCNC(=O)c1cncc(Nc2ccc(N(C)C)cc2)c1. The summed E-state index contributed by atoms with van der Waals surface area (Å²) in [5.41, 5.74) is 3.38. The molecule has 24 heavy (non-hydrogen) atoms. The zero-order valence-corrected chi connectivity index (χ0v) is 14.4. The predicted octanol–water partition coefficient (Wildman–Crippen LogP) is 2.66. The second-order valence-corrected chi connectivity index (χ2v) is 5.63. The minimum Gasteiger partial charge on any atom is -0.385 e. The summed E-state index contributed by atoms with van der Waals surface area (Å²) in [4.78, 5) is 18.3. The number of amides is 1. The highest BCUT2D eigenvalue weighted by Crippen LogP contribution is 2.20. The molecule has 6 heteroatoms. The first-order chi connectivity index (χ1) is 11.6. The molecule has 0 saturated carbocycles. The van der Waals surface area contributed by atoms with Gasteiger partial charge in [-0.25, -0.2) is 0 Å². The number of rotatable bonds is 8. The van der Waals surface area contributed by atoms with E-state index in [4.69, 9.17) is 4.74 Å². The molecule has 0 bridgehead atoms. The first kappa shape index (κ1) is 17.7. The lowest BCUT2D eigenvalue weighted by molar-refractivity contribution is 0.0948. The third-order valence-electron chi connectivity index (χ3n) is 3.48. The van der Waals surface area contributed by atoms with Gasteiger partial charge in [-0.15, -0.1) is 0 Å². The second-order valence-electron chi connectivity index (χ2n) is 5.63. The molecule has 1 heterocycles. The van der Waals surface area contributed by atoms with E-state index in [1.807, 2.05) is 43.3 Å². The van der Waals surface area contributed by atoms with Gasteiger partial charge in [0.2, 0.25) is 0 Å². The van der Waals surface area contributed by atoms with Gasteiger partial charge < -0.3 is 20.3 Å². The number of ether oxygens (including phenoxy) is 1. The maximum absolute atomic E-state index is 12.1. The van der Waals surface area contributed by atoms with Crippen LogP contribution in [-0.4, -0.2) is 45.2 Å². The van der Waals surface area contributed by atoms with Crippen LogP contribution in [0.15, 0.2) is 42.7 Å². The highest BCUT2D eigenvalue weighted by Gasteiger charge is 2.06. The number of nitrogens with zero attached hydrogens (tertiary/aromatic N) is 2. The molecule has 2 aromatic rings. The van der Waals surface area contributed by atoms with Gasteiger partial charge in [-0.3, -0.25) is 9.78 Å². The molecule has 0 aliphatic rings. The fourth-order valence-electron chi connectivity index (χ4n) is 2.16. The molecule has 0 unspecified atom stereocenters. The summed E-state index contributed by atoms with van der Waals surface area (Å²) in [5.74, 6) is -0.134. The Morgan fingerprint density at radius 3 is 2.58 bits per heavy atom. The number of hydrogen-bond acceptors (Lipinski definition) is 5. The van der Waals surface area contributed by atoms with Crippen LogP contribution in [0.1, 0.15) is 16.8 Å². The third kappa shape index (κ3) is 5.24. The van der Waals surface area contributed by atoms with Crippen LogP contribution >= 0.6 is 0 Å².